The fourth-order valence-electron chi connectivity index (χ4n) is 2.10. The zero-order chi connectivity index (χ0) is 13.2. The van der Waals surface area contributed by atoms with Gasteiger partial charge >= 0.3 is 0 Å². The third-order valence-electron chi connectivity index (χ3n) is 3.01. The summed E-state index contributed by atoms with van der Waals surface area (Å²) in [7, 11) is 0. The number of aromatic amines is 1. The molecule has 0 saturated carbocycles. The number of rotatable bonds is 2. The number of fused-ring (bicyclic) bond motifs is 1. The van der Waals surface area contributed by atoms with Crippen LogP contribution >= 0.6 is 15.9 Å². The first-order valence-electron chi connectivity index (χ1n) is 6.02. The maximum Gasteiger partial charge on any atom is 0.268 e. The van der Waals surface area contributed by atoms with Gasteiger partial charge < -0.3 is 15.0 Å². The Morgan fingerprint density at radius 1 is 1.37 bits per heavy atom. The number of aromatic nitrogens is 2. The summed E-state index contributed by atoms with van der Waals surface area (Å²) in [6, 6.07) is 5.89. The van der Waals surface area contributed by atoms with Crippen LogP contribution in [0.25, 0.3) is 0 Å². The van der Waals surface area contributed by atoms with Gasteiger partial charge in [-0.15, -0.1) is 0 Å². The molecule has 1 aliphatic rings. The molecule has 2 N–H and O–H groups in total. The molecule has 1 aromatic heterocycles. The van der Waals surface area contributed by atoms with Crippen molar-refractivity contribution < 1.29 is 4.74 Å². The number of benzene rings is 1. The van der Waals surface area contributed by atoms with Crippen molar-refractivity contribution in [2.45, 2.75) is 12.8 Å². The maximum atomic E-state index is 11.5. The minimum atomic E-state index is -0.261. The SMILES string of the molecule is O=c1[nH]cnc(Oc2cccc3c2NCCC3)c1Br. The lowest BCUT2D eigenvalue weighted by Gasteiger charge is -2.20. The molecule has 6 heteroatoms. The van der Waals surface area contributed by atoms with E-state index in [4.69, 9.17) is 4.74 Å². The largest absolute Gasteiger partial charge is 0.435 e. The number of ether oxygens (including phenoxy) is 1. The van der Waals surface area contributed by atoms with Gasteiger partial charge in [-0.1, -0.05) is 12.1 Å². The van der Waals surface area contributed by atoms with Crippen LogP contribution in [0.5, 0.6) is 11.6 Å². The number of aryl methyl sites for hydroxylation is 1. The quantitative estimate of drug-likeness (QED) is 0.892. The maximum absolute atomic E-state index is 11.5. The minimum Gasteiger partial charge on any atom is -0.435 e. The van der Waals surface area contributed by atoms with Gasteiger partial charge in [-0.05, 0) is 40.4 Å². The molecule has 1 aromatic carbocycles. The highest BCUT2D eigenvalue weighted by atomic mass is 79.9. The fraction of sp³-hybridized carbons (Fsp3) is 0.231. The van der Waals surface area contributed by atoms with Gasteiger partial charge in [-0.25, -0.2) is 4.98 Å². The summed E-state index contributed by atoms with van der Waals surface area (Å²) in [5.41, 5.74) is 1.95. The molecular formula is C13H12BrN3O2. The first kappa shape index (κ1) is 12.2. The number of H-pyrrole nitrogens is 1. The van der Waals surface area contributed by atoms with E-state index in [2.05, 4.69) is 37.3 Å². The molecule has 98 valence electrons. The summed E-state index contributed by atoms with van der Waals surface area (Å²) in [4.78, 5) is 18.0. The predicted molar refractivity (Wildman–Crippen MR) is 75.9 cm³/mol. The van der Waals surface area contributed by atoms with Gasteiger partial charge in [0, 0.05) is 6.54 Å². The van der Waals surface area contributed by atoms with Gasteiger partial charge in [0.15, 0.2) is 5.75 Å². The van der Waals surface area contributed by atoms with Crippen molar-refractivity contribution in [3.05, 3.63) is 44.9 Å². The number of halogens is 1. The van der Waals surface area contributed by atoms with Crippen LogP contribution in [0.15, 0.2) is 33.8 Å². The van der Waals surface area contributed by atoms with Crippen molar-refractivity contribution in [3.8, 4) is 11.6 Å². The minimum absolute atomic E-state index is 0.261. The predicted octanol–water partition coefficient (Wildman–Crippen LogP) is 2.68. The lowest BCUT2D eigenvalue weighted by atomic mass is 10.0. The highest BCUT2D eigenvalue weighted by Gasteiger charge is 2.15. The topological polar surface area (TPSA) is 67.0 Å². The molecule has 0 atom stereocenters. The number of para-hydroxylation sites is 1. The number of anilines is 1. The lowest BCUT2D eigenvalue weighted by molar-refractivity contribution is 0.457. The zero-order valence-electron chi connectivity index (χ0n) is 10.1. The van der Waals surface area contributed by atoms with Crippen LogP contribution in [0.1, 0.15) is 12.0 Å². The molecule has 0 aliphatic carbocycles. The standard InChI is InChI=1S/C13H12BrN3O2/c14-10-12(18)16-7-17-13(10)19-9-5-1-3-8-4-2-6-15-11(8)9/h1,3,5,7,15H,2,4,6H2,(H,16,17,18). The summed E-state index contributed by atoms with van der Waals surface area (Å²) in [6.07, 6.45) is 3.47. The molecule has 0 saturated heterocycles. The van der Waals surface area contributed by atoms with E-state index in [9.17, 15) is 4.79 Å². The van der Waals surface area contributed by atoms with E-state index < -0.39 is 0 Å². The van der Waals surface area contributed by atoms with Crippen molar-refractivity contribution >= 4 is 21.6 Å². The van der Waals surface area contributed by atoms with E-state index in [1.54, 1.807) is 0 Å². The van der Waals surface area contributed by atoms with E-state index >= 15 is 0 Å². The lowest BCUT2D eigenvalue weighted by Crippen LogP contribution is -2.13. The molecule has 0 radical (unpaired) electrons. The Morgan fingerprint density at radius 3 is 3.16 bits per heavy atom. The van der Waals surface area contributed by atoms with Crippen molar-refractivity contribution in [1.82, 2.24) is 9.97 Å². The second-order valence-corrected chi connectivity index (χ2v) is 5.07. The monoisotopic (exact) mass is 321 g/mol. The zero-order valence-corrected chi connectivity index (χ0v) is 11.7. The van der Waals surface area contributed by atoms with Crippen LogP contribution in [0.3, 0.4) is 0 Å². The van der Waals surface area contributed by atoms with Crippen molar-refractivity contribution in [1.29, 1.82) is 0 Å². The van der Waals surface area contributed by atoms with Crippen LogP contribution < -0.4 is 15.6 Å². The summed E-state index contributed by atoms with van der Waals surface area (Å²) in [5, 5.41) is 3.33. The molecule has 0 fully saturated rings. The third kappa shape index (κ3) is 2.35. The smallest absolute Gasteiger partial charge is 0.268 e. The van der Waals surface area contributed by atoms with E-state index in [1.807, 2.05) is 12.1 Å². The molecule has 0 amide bonds. The fourth-order valence-corrected chi connectivity index (χ4v) is 2.40. The van der Waals surface area contributed by atoms with Crippen LogP contribution in [0.4, 0.5) is 5.69 Å². The second kappa shape index (κ2) is 5.05. The number of nitrogens with zero attached hydrogens (tertiary/aromatic N) is 1. The Bertz CT molecular complexity index is 669. The average Bonchev–Trinajstić information content (AvgIpc) is 2.44. The molecule has 2 aromatic rings. The van der Waals surface area contributed by atoms with Crippen molar-refractivity contribution in [2.24, 2.45) is 0 Å². The third-order valence-corrected chi connectivity index (χ3v) is 3.71. The highest BCUT2D eigenvalue weighted by molar-refractivity contribution is 9.10. The summed E-state index contributed by atoms with van der Waals surface area (Å²) in [6.45, 7) is 0.928. The van der Waals surface area contributed by atoms with E-state index in [0.29, 0.717) is 10.2 Å². The van der Waals surface area contributed by atoms with Crippen LogP contribution in [-0.2, 0) is 6.42 Å². The molecular weight excluding hydrogens is 310 g/mol. The Kier molecular flexibility index (Phi) is 3.25. The molecule has 2 heterocycles. The summed E-state index contributed by atoms with van der Waals surface area (Å²) < 4.78 is 6.04. The van der Waals surface area contributed by atoms with Crippen LogP contribution in [-0.4, -0.2) is 16.5 Å². The van der Waals surface area contributed by atoms with Gasteiger partial charge in [0.25, 0.3) is 5.56 Å². The van der Waals surface area contributed by atoms with Gasteiger partial charge in [0.2, 0.25) is 5.88 Å². The van der Waals surface area contributed by atoms with E-state index in [0.717, 1.165) is 25.1 Å². The van der Waals surface area contributed by atoms with Gasteiger partial charge in [-0.2, -0.15) is 0 Å². The Labute approximate surface area is 118 Å². The first-order valence-corrected chi connectivity index (χ1v) is 6.82. The second-order valence-electron chi connectivity index (χ2n) is 4.27. The van der Waals surface area contributed by atoms with Gasteiger partial charge in [0.05, 0.1) is 12.0 Å². The summed E-state index contributed by atoms with van der Waals surface area (Å²) >= 11 is 3.18. The van der Waals surface area contributed by atoms with Gasteiger partial charge in [-0.3, -0.25) is 4.79 Å². The normalized spacial score (nSPS) is 13.5. The van der Waals surface area contributed by atoms with E-state index in [1.165, 1.54) is 11.9 Å². The molecule has 19 heavy (non-hydrogen) atoms. The Balaban J connectivity index is 2.00. The van der Waals surface area contributed by atoms with Crippen LogP contribution in [0.2, 0.25) is 0 Å². The van der Waals surface area contributed by atoms with Crippen LogP contribution in [0, 0.1) is 0 Å². The van der Waals surface area contributed by atoms with Crippen molar-refractivity contribution in [3.63, 3.8) is 0 Å². The molecule has 1 aliphatic heterocycles. The number of hydrogen-bond acceptors (Lipinski definition) is 4. The Hall–Kier alpha value is -1.82. The molecule has 5 nitrogen and oxygen atoms in total. The molecule has 3 rings (SSSR count). The average molecular weight is 322 g/mol. The highest BCUT2D eigenvalue weighted by Crippen LogP contribution is 2.35. The molecule has 0 bridgehead atoms. The first-order chi connectivity index (χ1) is 9.25. The number of nitrogens with one attached hydrogen (secondary N) is 2. The Morgan fingerprint density at radius 2 is 2.26 bits per heavy atom. The number of hydrogen-bond donors (Lipinski definition) is 2. The van der Waals surface area contributed by atoms with Gasteiger partial charge in [0.1, 0.15) is 4.47 Å². The summed E-state index contributed by atoms with van der Waals surface area (Å²) in [5.74, 6) is 0.959. The van der Waals surface area contributed by atoms with E-state index in [-0.39, 0.29) is 11.4 Å². The molecule has 0 unspecified atom stereocenters. The molecule has 0 spiro atoms. The van der Waals surface area contributed by atoms with Crippen molar-refractivity contribution in [2.75, 3.05) is 11.9 Å².